The quantitative estimate of drug-likeness (QED) is 0.836. The Morgan fingerprint density at radius 2 is 1.72 bits per heavy atom. The van der Waals surface area contributed by atoms with Crippen LogP contribution in [0.25, 0.3) is 0 Å². The monoisotopic (exact) mass is 306 g/mol. The van der Waals surface area contributed by atoms with E-state index in [9.17, 15) is 0 Å². The van der Waals surface area contributed by atoms with Crippen LogP contribution < -0.4 is 9.47 Å². The minimum Gasteiger partial charge on any atom is -0.497 e. The standard InChI is InChI=1S/C15H15BrO2/c1-11-7-13(16)9-15(8-11)18-10-12-3-5-14(17-2)6-4-12/h3-9H,10H2,1-2H3. The predicted octanol–water partition coefficient (Wildman–Crippen LogP) is 4.35. The summed E-state index contributed by atoms with van der Waals surface area (Å²) in [4.78, 5) is 0. The Morgan fingerprint density at radius 1 is 1.00 bits per heavy atom. The molecule has 0 aromatic heterocycles. The van der Waals surface area contributed by atoms with Crippen LogP contribution in [0.5, 0.6) is 11.5 Å². The van der Waals surface area contributed by atoms with Gasteiger partial charge in [0.1, 0.15) is 18.1 Å². The molecule has 2 aromatic carbocycles. The average Bonchev–Trinajstić information content (AvgIpc) is 2.36. The zero-order valence-corrected chi connectivity index (χ0v) is 12.0. The molecule has 0 aliphatic rings. The van der Waals surface area contributed by atoms with Crippen LogP contribution in [0.3, 0.4) is 0 Å². The van der Waals surface area contributed by atoms with Gasteiger partial charge in [-0.15, -0.1) is 0 Å². The molecule has 0 atom stereocenters. The van der Waals surface area contributed by atoms with Crippen molar-refractivity contribution in [2.24, 2.45) is 0 Å². The van der Waals surface area contributed by atoms with Gasteiger partial charge in [0, 0.05) is 4.47 Å². The number of methoxy groups -OCH3 is 1. The van der Waals surface area contributed by atoms with E-state index in [0.717, 1.165) is 21.5 Å². The Balaban J connectivity index is 2.01. The lowest BCUT2D eigenvalue weighted by Crippen LogP contribution is -1.95. The van der Waals surface area contributed by atoms with Crippen LogP contribution >= 0.6 is 15.9 Å². The highest BCUT2D eigenvalue weighted by Crippen LogP contribution is 2.22. The Morgan fingerprint density at radius 3 is 2.33 bits per heavy atom. The van der Waals surface area contributed by atoms with Gasteiger partial charge in [-0.05, 0) is 48.4 Å². The van der Waals surface area contributed by atoms with Gasteiger partial charge in [0.05, 0.1) is 7.11 Å². The van der Waals surface area contributed by atoms with Crippen molar-refractivity contribution in [3.05, 3.63) is 58.1 Å². The highest BCUT2D eigenvalue weighted by Gasteiger charge is 1.99. The van der Waals surface area contributed by atoms with Gasteiger partial charge in [-0.2, -0.15) is 0 Å². The Bertz CT molecular complexity index is 500. The van der Waals surface area contributed by atoms with Gasteiger partial charge in [0.2, 0.25) is 0 Å². The van der Waals surface area contributed by atoms with Crippen molar-refractivity contribution < 1.29 is 9.47 Å². The number of halogens is 1. The second kappa shape index (κ2) is 5.91. The van der Waals surface area contributed by atoms with Gasteiger partial charge in [-0.25, -0.2) is 0 Å². The normalized spacial score (nSPS) is 10.2. The summed E-state index contributed by atoms with van der Waals surface area (Å²) in [7, 11) is 1.66. The minimum absolute atomic E-state index is 0.555. The van der Waals surface area contributed by atoms with E-state index in [-0.39, 0.29) is 0 Å². The second-order valence-corrected chi connectivity index (χ2v) is 5.02. The Kier molecular flexibility index (Phi) is 4.26. The van der Waals surface area contributed by atoms with Crippen molar-refractivity contribution >= 4 is 15.9 Å². The van der Waals surface area contributed by atoms with Gasteiger partial charge in [-0.3, -0.25) is 0 Å². The van der Waals surface area contributed by atoms with Gasteiger partial charge >= 0.3 is 0 Å². The molecule has 0 saturated carbocycles. The van der Waals surface area contributed by atoms with Crippen LogP contribution in [0.15, 0.2) is 46.9 Å². The molecule has 0 radical (unpaired) electrons. The van der Waals surface area contributed by atoms with Crippen molar-refractivity contribution in [1.29, 1.82) is 0 Å². The molecule has 0 amide bonds. The molecule has 0 aliphatic carbocycles. The Hall–Kier alpha value is -1.48. The van der Waals surface area contributed by atoms with Crippen LogP contribution in [0.1, 0.15) is 11.1 Å². The summed E-state index contributed by atoms with van der Waals surface area (Å²) in [5, 5.41) is 0. The van der Waals surface area contributed by atoms with Gasteiger partial charge in [-0.1, -0.05) is 28.1 Å². The topological polar surface area (TPSA) is 18.5 Å². The molecule has 0 unspecified atom stereocenters. The summed E-state index contributed by atoms with van der Waals surface area (Å²) in [5.41, 5.74) is 2.29. The molecule has 0 heterocycles. The average molecular weight is 307 g/mol. The van der Waals surface area contributed by atoms with E-state index in [4.69, 9.17) is 9.47 Å². The highest BCUT2D eigenvalue weighted by molar-refractivity contribution is 9.10. The minimum atomic E-state index is 0.555. The van der Waals surface area contributed by atoms with E-state index in [2.05, 4.69) is 22.0 Å². The number of hydrogen-bond acceptors (Lipinski definition) is 2. The first-order chi connectivity index (χ1) is 8.67. The molecule has 2 nitrogen and oxygen atoms in total. The molecule has 0 saturated heterocycles. The van der Waals surface area contributed by atoms with E-state index in [1.807, 2.05) is 43.3 Å². The lowest BCUT2D eigenvalue weighted by Gasteiger charge is -2.08. The third kappa shape index (κ3) is 3.50. The fourth-order valence-electron chi connectivity index (χ4n) is 1.67. The summed E-state index contributed by atoms with van der Waals surface area (Å²) < 4.78 is 11.9. The first kappa shape index (κ1) is 13.0. The smallest absolute Gasteiger partial charge is 0.121 e. The predicted molar refractivity (Wildman–Crippen MR) is 76.2 cm³/mol. The molecule has 0 spiro atoms. The molecule has 3 heteroatoms. The van der Waals surface area contributed by atoms with Crippen LogP contribution in [-0.2, 0) is 6.61 Å². The van der Waals surface area contributed by atoms with E-state index < -0.39 is 0 Å². The maximum absolute atomic E-state index is 5.76. The lowest BCUT2D eigenvalue weighted by atomic mass is 10.2. The van der Waals surface area contributed by atoms with Crippen molar-refractivity contribution in [2.45, 2.75) is 13.5 Å². The van der Waals surface area contributed by atoms with Gasteiger partial charge in [0.15, 0.2) is 0 Å². The maximum atomic E-state index is 5.76. The lowest BCUT2D eigenvalue weighted by molar-refractivity contribution is 0.305. The molecule has 18 heavy (non-hydrogen) atoms. The molecule has 94 valence electrons. The summed E-state index contributed by atoms with van der Waals surface area (Å²) >= 11 is 3.46. The van der Waals surface area contributed by atoms with Crippen LogP contribution in [0, 0.1) is 6.92 Å². The molecule has 0 N–H and O–H groups in total. The fraction of sp³-hybridized carbons (Fsp3) is 0.200. The third-order valence-corrected chi connectivity index (χ3v) is 3.04. The van der Waals surface area contributed by atoms with Crippen molar-refractivity contribution in [3.8, 4) is 11.5 Å². The SMILES string of the molecule is COc1ccc(COc2cc(C)cc(Br)c2)cc1. The molecular formula is C15H15BrO2. The number of rotatable bonds is 4. The molecular weight excluding hydrogens is 292 g/mol. The molecule has 2 aromatic rings. The van der Waals surface area contributed by atoms with E-state index in [1.54, 1.807) is 7.11 Å². The maximum Gasteiger partial charge on any atom is 0.121 e. The number of benzene rings is 2. The van der Waals surface area contributed by atoms with Gasteiger partial charge < -0.3 is 9.47 Å². The van der Waals surface area contributed by atoms with E-state index >= 15 is 0 Å². The number of hydrogen-bond donors (Lipinski definition) is 0. The van der Waals surface area contributed by atoms with Crippen molar-refractivity contribution in [3.63, 3.8) is 0 Å². The van der Waals surface area contributed by atoms with E-state index in [0.29, 0.717) is 6.61 Å². The van der Waals surface area contributed by atoms with Crippen LogP contribution in [-0.4, -0.2) is 7.11 Å². The van der Waals surface area contributed by atoms with Crippen molar-refractivity contribution in [2.75, 3.05) is 7.11 Å². The Labute approximate surface area is 116 Å². The summed E-state index contributed by atoms with van der Waals surface area (Å²) in [5.74, 6) is 1.73. The molecule has 0 aliphatic heterocycles. The zero-order valence-electron chi connectivity index (χ0n) is 10.4. The summed E-state index contributed by atoms with van der Waals surface area (Å²) in [6.07, 6.45) is 0. The third-order valence-electron chi connectivity index (χ3n) is 2.58. The molecule has 0 fully saturated rings. The number of aryl methyl sites for hydroxylation is 1. The van der Waals surface area contributed by atoms with Crippen LogP contribution in [0.4, 0.5) is 0 Å². The van der Waals surface area contributed by atoms with Gasteiger partial charge in [0.25, 0.3) is 0 Å². The second-order valence-electron chi connectivity index (χ2n) is 4.10. The molecule has 0 bridgehead atoms. The largest absolute Gasteiger partial charge is 0.497 e. The first-order valence-corrected chi connectivity index (χ1v) is 6.49. The van der Waals surface area contributed by atoms with Crippen LogP contribution in [0.2, 0.25) is 0 Å². The van der Waals surface area contributed by atoms with E-state index in [1.165, 1.54) is 5.56 Å². The highest BCUT2D eigenvalue weighted by atomic mass is 79.9. The zero-order chi connectivity index (χ0) is 13.0. The number of ether oxygens (including phenoxy) is 2. The first-order valence-electron chi connectivity index (χ1n) is 5.70. The summed E-state index contributed by atoms with van der Waals surface area (Å²) in [6.45, 7) is 2.60. The van der Waals surface area contributed by atoms with Crippen molar-refractivity contribution in [1.82, 2.24) is 0 Å². The fourth-order valence-corrected chi connectivity index (χ4v) is 2.26. The molecule has 2 rings (SSSR count). The summed E-state index contributed by atoms with van der Waals surface area (Å²) in [6, 6.07) is 13.9.